The van der Waals surface area contributed by atoms with Crippen molar-refractivity contribution in [1.82, 2.24) is 19.7 Å². The van der Waals surface area contributed by atoms with E-state index in [1.54, 1.807) is 28.3 Å². The van der Waals surface area contributed by atoms with E-state index in [1.165, 1.54) is 12.1 Å². The van der Waals surface area contributed by atoms with Crippen LogP contribution < -0.4 is 10.1 Å². The second kappa shape index (κ2) is 13.0. The Balaban J connectivity index is 1.47. The number of aromatic nitrogens is 3. The van der Waals surface area contributed by atoms with E-state index in [9.17, 15) is 9.18 Å². The fourth-order valence-corrected chi connectivity index (χ4v) is 6.83. The zero-order valence-electron chi connectivity index (χ0n) is 26.1. The maximum Gasteiger partial charge on any atom is 0.355 e. The van der Waals surface area contributed by atoms with E-state index in [-0.39, 0.29) is 31.2 Å². The van der Waals surface area contributed by atoms with Crippen LogP contribution in [-0.4, -0.2) is 46.0 Å². The lowest BCUT2D eigenvalue weighted by Gasteiger charge is -2.19. The van der Waals surface area contributed by atoms with Gasteiger partial charge in [0.2, 0.25) is 0 Å². The molecule has 2 aromatic heterocycles. The smallest absolute Gasteiger partial charge is 0.355 e. The number of ether oxygens (including phenoxy) is 2. The van der Waals surface area contributed by atoms with Gasteiger partial charge < -0.3 is 19.4 Å². The van der Waals surface area contributed by atoms with E-state index in [1.807, 2.05) is 38.2 Å². The van der Waals surface area contributed by atoms with Crippen LogP contribution in [0, 0.1) is 5.82 Å². The second-order valence-corrected chi connectivity index (χ2v) is 12.0. The van der Waals surface area contributed by atoms with Gasteiger partial charge in [0.25, 0.3) is 5.92 Å². The summed E-state index contributed by atoms with van der Waals surface area (Å²) in [6.07, 6.45) is 1.08. The van der Waals surface area contributed by atoms with Crippen molar-refractivity contribution in [3.8, 4) is 16.9 Å². The Morgan fingerprint density at radius 3 is 2.70 bits per heavy atom. The number of nitrogens with one attached hydrogen (secondary N) is 1. The molecule has 0 saturated carbocycles. The summed E-state index contributed by atoms with van der Waals surface area (Å²) in [6.45, 7) is 3.66. The predicted octanol–water partition coefficient (Wildman–Crippen LogP) is 7.87. The summed E-state index contributed by atoms with van der Waals surface area (Å²) < 4.78 is 59.3. The summed E-state index contributed by atoms with van der Waals surface area (Å²) in [5.74, 6) is -3.31. The number of hydrogen-bond donors (Lipinski definition) is 1. The van der Waals surface area contributed by atoms with Gasteiger partial charge in [0, 0.05) is 54.2 Å². The van der Waals surface area contributed by atoms with Crippen LogP contribution in [0.25, 0.3) is 32.8 Å². The van der Waals surface area contributed by atoms with Crippen molar-refractivity contribution in [2.75, 3.05) is 19.8 Å². The number of rotatable bonds is 8. The molecule has 11 heteroatoms. The van der Waals surface area contributed by atoms with Crippen molar-refractivity contribution in [3.05, 3.63) is 82.0 Å². The molecule has 5 aromatic rings. The number of halogens is 4. The van der Waals surface area contributed by atoms with Gasteiger partial charge in [-0.05, 0) is 67.5 Å². The number of fused-ring (bicyclic) bond motifs is 3. The Morgan fingerprint density at radius 1 is 1.11 bits per heavy atom. The molecule has 7 nitrogen and oxygen atoms in total. The lowest BCUT2D eigenvalue weighted by Crippen LogP contribution is -2.33. The van der Waals surface area contributed by atoms with Gasteiger partial charge in [0.1, 0.15) is 17.3 Å². The Bertz CT molecular complexity index is 1930. The molecule has 0 spiro atoms. The SMILES string of the molecule is CCOC(=O)c1c(CCCOc2cccc3cc(F)ccc23)c2ccc(Cl)c3c2n1CCC(F)(F)CNCc1nn(C)c(CC)c1-3. The molecule has 0 bridgehead atoms. The first kappa shape index (κ1) is 31.9. The summed E-state index contributed by atoms with van der Waals surface area (Å²) in [7, 11) is 1.83. The maximum absolute atomic E-state index is 15.2. The second-order valence-electron chi connectivity index (χ2n) is 11.5. The van der Waals surface area contributed by atoms with E-state index in [4.69, 9.17) is 26.2 Å². The van der Waals surface area contributed by atoms with E-state index >= 15 is 8.78 Å². The van der Waals surface area contributed by atoms with Crippen LogP contribution in [0.5, 0.6) is 5.75 Å². The molecule has 1 aliphatic rings. The minimum atomic E-state index is -3.04. The van der Waals surface area contributed by atoms with Gasteiger partial charge in [0.05, 0.1) is 36.0 Å². The van der Waals surface area contributed by atoms with Gasteiger partial charge in [-0.15, -0.1) is 0 Å². The van der Waals surface area contributed by atoms with Crippen molar-refractivity contribution in [3.63, 3.8) is 0 Å². The van der Waals surface area contributed by atoms with Crippen molar-refractivity contribution in [2.24, 2.45) is 7.05 Å². The molecule has 242 valence electrons. The highest BCUT2D eigenvalue weighted by atomic mass is 35.5. The Hall–Kier alpha value is -4.02. The summed E-state index contributed by atoms with van der Waals surface area (Å²) in [4.78, 5) is 13.7. The third-order valence-corrected chi connectivity index (χ3v) is 8.89. The van der Waals surface area contributed by atoms with Crippen molar-refractivity contribution in [2.45, 2.75) is 58.5 Å². The van der Waals surface area contributed by atoms with E-state index in [0.717, 1.165) is 27.4 Å². The summed E-state index contributed by atoms with van der Waals surface area (Å²) in [6, 6.07) is 13.7. The number of hydrogen-bond acceptors (Lipinski definition) is 5. The molecule has 0 aliphatic carbocycles. The summed E-state index contributed by atoms with van der Waals surface area (Å²) >= 11 is 6.97. The molecule has 1 aliphatic heterocycles. The Labute approximate surface area is 270 Å². The van der Waals surface area contributed by atoms with Gasteiger partial charge in [-0.25, -0.2) is 18.0 Å². The number of esters is 1. The molecule has 0 unspecified atom stereocenters. The third kappa shape index (κ3) is 5.96. The monoisotopic (exact) mass is 652 g/mol. The first-order chi connectivity index (χ1) is 22.1. The lowest BCUT2D eigenvalue weighted by molar-refractivity contribution is -0.0107. The average molecular weight is 653 g/mol. The fraction of sp³-hybridized carbons (Fsp3) is 0.371. The normalized spacial score (nSPS) is 14.7. The topological polar surface area (TPSA) is 70.3 Å². The molecule has 0 amide bonds. The van der Waals surface area contributed by atoms with Crippen molar-refractivity contribution >= 4 is 39.2 Å². The largest absolute Gasteiger partial charge is 0.493 e. The van der Waals surface area contributed by atoms with E-state index in [2.05, 4.69) is 5.32 Å². The van der Waals surface area contributed by atoms with Crippen LogP contribution in [0.1, 0.15) is 54.1 Å². The molecule has 3 aromatic carbocycles. The van der Waals surface area contributed by atoms with Crippen LogP contribution >= 0.6 is 11.6 Å². The van der Waals surface area contributed by atoms with Crippen molar-refractivity contribution < 1.29 is 27.4 Å². The Kier molecular flexibility index (Phi) is 9.03. The number of aryl methyl sites for hydroxylation is 3. The molecule has 6 rings (SSSR count). The first-order valence-electron chi connectivity index (χ1n) is 15.6. The van der Waals surface area contributed by atoms with Gasteiger partial charge in [0.15, 0.2) is 0 Å². The zero-order chi connectivity index (χ0) is 32.6. The zero-order valence-corrected chi connectivity index (χ0v) is 26.8. The summed E-state index contributed by atoms with van der Waals surface area (Å²) in [5.41, 5.74) is 4.53. The molecule has 1 N–H and O–H groups in total. The number of benzene rings is 3. The first-order valence-corrected chi connectivity index (χ1v) is 16.0. The van der Waals surface area contributed by atoms with E-state index in [0.29, 0.717) is 59.0 Å². The minimum absolute atomic E-state index is 0.118. The van der Waals surface area contributed by atoms with E-state index < -0.39 is 24.9 Å². The van der Waals surface area contributed by atoms with Gasteiger partial charge in [-0.3, -0.25) is 4.68 Å². The van der Waals surface area contributed by atoms with Gasteiger partial charge in [-0.1, -0.05) is 36.7 Å². The lowest BCUT2D eigenvalue weighted by atomic mass is 9.97. The standard InChI is InChI=1S/C35H36ClF3N4O3/c1-4-28-31-27(41-42(28)3)19-40-20-35(38,39)15-16-43-32-25(13-14-26(36)30(31)32)24(33(43)34(44)45-5-2)9-7-17-46-29-10-6-8-21-18-22(37)11-12-23(21)29/h6,8,10-14,18,40H,4-5,7,9,15-17,19-20H2,1-3H3. The molecule has 0 fully saturated rings. The average Bonchev–Trinajstić information content (AvgIpc) is 3.50. The van der Waals surface area contributed by atoms with Crippen LogP contribution in [0.2, 0.25) is 5.02 Å². The molecular weight excluding hydrogens is 617 g/mol. The molecule has 0 atom stereocenters. The highest BCUT2D eigenvalue weighted by molar-refractivity contribution is 6.35. The highest BCUT2D eigenvalue weighted by Gasteiger charge is 2.34. The van der Waals surface area contributed by atoms with Crippen LogP contribution in [-0.2, 0) is 37.7 Å². The molecule has 3 heterocycles. The minimum Gasteiger partial charge on any atom is -0.493 e. The number of alkyl halides is 2. The van der Waals surface area contributed by atoms with Crippen LogP contribution in [0.4, 0.5) is 13.2 Å². The van der Waals surface area contributed by atoms with Gasteiger partial charge in [-0.2, -0.15) is 5.10 Å². The summed E-state index contributed by atoms with van der Waals surface area (Å²) in [5, 5.41) is 10.3. The number of carbonyl (C=O) groups excluding carboxylic acids is 1. The van der Waals surface area contributed by atoms with Crippen LogP contribution in [0.15, 0.2) is 48.5 Å². The fourth-order valence-electron chi connectivity index (χ4n) is 6.59. The van der Waals surface area contributed by atoms with Crippen molar-refractivity contribution in [1.29, 1.82) is 0 Å². The molecule has 46 heavy (non-hydrogen) atoms. The quantitative estimate of drug-likeness (QED) is 0.137. The highest BCUT2D eigenvalue weighted by Crippen LogP contribution is 2.43. The molecule has 0 saturated heterocycles. The predicted molar refractivity (Wildman–Crippen MR) is 173 cm³/mol. The van der Waals surface area contributed by atoms with Crippen LogP contribution in [0.3, 0.4) is 0 Å². The molecule has 0 radical (unpaired) electrons. The third-order valence-electron chi connectivity index (χ3n) is 8.58. The maximum atomic E-state index is 15.2. The van der Waals surface area contributed by atoms with Gasteiger partial charge >= 0.3 is 5.97 Å². The molecular formula is C35H36ClF3N4O3. The number of carbonyl (C=O) groups is 1. The number of nitrogens with zero attached hydrogens (tertiary/aromatic N) is 3. The Morgan fingerprint density at radius 2 is 1.91 bits per heavy atom.